The highest BCUT2D eigenvalue weighted by Gasteiger charge is 2.19. The number of fused-ring (bicyclic) bond motifs is 1. The topological polar surface area (TPSA) is 37.3 Å². The second-order valence-electron chi connectivity index (χ2n) is 6.43. The summed E-state index contributed by atoms with van der Waals surface area (Å²) in [5, 5.41) is 5.23. The number of nitrogens with zero attached hydrogens (tertiary/aromatic N) is 2. The van der Waals surface area contributed by atoms with E-state index in [9.17, 15) is 0 Å². The highest BCUT2D eigenvalue weighted by Crippen LogP contribution is 2.32. The molecule has 0 aliphatic heterocycles. The monoisotopic (exact) mass is 313 g/mol. The minimum atomic E-state index is 0.563. The smallest absolute Gasteiger partial charge is 0.203 e. The van der Waals surface area contributed by atoms with Crippen molar-refractivity contribution in [3.63, 3.8) is 0 Å². The molecule has 1 aromatic carbocycles. The molecular formula is C18H23N3S. The van der Waals surface area contributed by atoms with Gasteiger partial charge in [0.1, 0.15) is 0 Å². The molecule has 2 aromatic rings. The van der Waals surface area contributed by atoms with Crippen molar-refractivity contribution < 1.29 is 0 Å². The first-order valence-corrected chi connectivity index (χ1v) is 8.81. The van der Waals surface area contributed by atoms with Crippen molar-refractivity contribution in [1.82, 2.24) is 4.98 Å². The van der Waals surface area contributed by atoms with E-state index in [4.69, 9.17) is 0 Å². The number of anilines is 1. The standard InChI is InChI=1S/C18H23N3S/c1-12(2)15-7-5-14(6-8-15)11-19-21-18-20-16-9-4-13(3)10-17(16)22-18/h5-8,11-13H,4,9-10H2,1-3H3,(H,20,21). The summed E-state index contributed by atoms with van der Waals surface area (Å²) in [6, 6.07) is 8.54. The zero-order chi connectivity index (χ0) is 15.5. The molecule has 1 aliphatic carbocycles. The molecule has 0 saturated carbocycles. The third-order valence-electron chi connectivity index (χ3n) is 4.16. The van der Waals surface area contributed by atoms with Crippen molar-refractivity contribution in [1.29, 1.82) is 0 Å². The van der Waals surface area contributed by atoms with E-state index in [1.165, 1.54) is 22.6 Å². The van der Waals surface area contributed by atoms with Crippen LogP contribution in [0.25, 0.3) is 0 Å². The fourth-order valence-corrected chi connectivity index (χ4v) is 3.84. The highest BCUT2D eigenvalue weighted by atomic mass is 32.1. The molecule has 0 saturated heterocycles. The van der Waals surface area contributed by atoms with Crippen LogP contribution in [0.3, 0.4) is 0 Å². The fraction of sp³-hybridized carbons (Fsp3) is 0.444. The number of aryl methyl sites for hydroxylation is 1. The lowest BCUT2D eigenvalue weighted by Gasteiger charge is -2.15. The quantitative estimate of drug-likeness (QED) is 0.648. The molecule has 1 heterocycles. The van der Waals surface area contributed by atoms with Crippen molar-refractivity contribution in [3.8, 4) is 0 Å². The van der Waals surface area contributed by atoms with Gasteiger partial charge in [0.15, 0.2) is 0 Å². The van der Waals surface area contributed by atoms with Gasteiger partial charge in [-0.25, -0.2) is 4.98 Å². The van der Waals surface area contributed by atoms with E-state index in [2.05, 4.69) is 60.5 Å². The third-order valence-corrected chi connectivity index (χ3v) is 5.19. The molecule has 1 unspecified atom stereocenters. The molecule has 3 nitrogen and oxygen atoms in total. The Kier molecular flexibility index (Phi) is 4.57. The van der Waals surface area contributed by atoms with Crippen molar-refractivity contribution >= 4 is 22.7 Å². The lowest BCUT2D eigenvalue weighted by atomic mass is 9.93. The molecule has 1 N–H and O–H groups in total. The number of benzene rings is 1. The summed E-state index contributed by atoms with van der Waals surface area (Å²) in [6.45, 7) is 6.72. The average molecular weight is 313 g/mol. The number of aromatic nitrogens is 1. The molecule has 1 aromatic heterocycles. The summed E-state index contributed by atoms with van der Waals surface area (Å²) in [7, 11) is 0. The average Bonchev–Trinajstić information content (AvgIpc) is 2.89. The van der Waals surface area contributed by atoms with Gasteiger partial charge in [0.05, 0.1) is 11.9 Å². The van der Waals surface area contributed by atoms with E-state index in [1.54, 1.807) is 11.3 Å². The molecule has 0 radical (unpaired) electrons. The molecule has 22 heavy (non-hydrogen) atoms. The van der Waals surface area contributed by atoms with E-state index < -0.39 is 0 Å². The molecule has 3 rings (SSSR count). The summed E-state index contributed by atoms with van der Waals surface area (Å²) in [5.41, 5.74) is 6.80. The Morgan fingerprint density at radius 1 is 1.32 bits per heavy atom. The number of nitrogens with one attached hydrogen (secondary N) is 1. The number of hydrogen-bond acceptors (Lipinski definition) is 4. The molecular weight excluding hydrogens is 290 g/mol. The molecule has 4 heteroatoms. The Labute approximate surface area is 136 Å². The van der Waals surface area contributed by atoms with Gasteiger partial charge < -0.3 is 0 Å². The van der Waals surface area contributed by atoms with Gasteiger partial charge >= 0.3 is 0 Å². The van der Waals surface area contributed by atoms with Crippen LogP contribution in [0, 0.1) is 5.92 Å². The number of rotatable bonds is 4. The molecule has 0 fully saturated rings. The summed E-state index contributed by atoms with van der Waals surface area (Å²) < 4.78 is 0. The Bertz CT molecular complexity index is 655. The highest BCUT2D eigenvalue weighted by molar-refractivity contribution is 7.15. The maximum Gasteiger partial charge on any atom is 0.203 e. The zero-order valence-corrected chi connectivity index (χ0v) is 14.3. The molecule has 0 amide bonds. The molecule has 1 atom stereocenters. The van der Waals surface area contributed by atoms with Crippen LogP contribution in [-0.4, -0.2) is 11.2 Å². The predicted molar refractivity (Wildman–Crippen MR) is 95.1 cm³/mol. The van der Waals surface area contributed by atoms with Gasteiger partial charge in [-0.05, 0) is 42.2 Å². The Morgan fingerprint density at radius 3 is 2.82 bits per heavy atom. The molecule has 0 spiro atoms. The van der Waals surface area contributed by atoms with Crippen LogP contribution >= 0.6 is 11.3 Å². The SMILES string of the molecule is CC1CCc2nc(NN=Cc3ccc(C(C)C)cc3)sc2C1. The van der Waals surface area contributed by atoms with Crippen LogP contribution in [0.4, 0.5) is 5.13 Å². The van der Waals surface area contributed by atoms with Crippen LogP contribution in [0.15, 0.2) is 29.4 Å². The predicted octanol–water partition coefficient (Wildman–Crippen LogP) is 4.84. The second-order valence-corrected chi connectivity index (χ2v) is 7.51. The van der Waals surface area contributed by atoms with Gasteiger partial charge in [0, 0.05) is 4.88 Å². The van der Waals surface area contributed by atoms with Crippen molar-refractivity contribution in [2.24, 2.45) is 11.0 Å². The zero-order valence-electron chi connectivity index (χ0n) is 13.5. The van der Waals surface area contributed by atoms with Gasteiger partial charge in [0.25, 0.3) is 0 Å². The summed E-state index contributed by atoms with van der Waals surface area (Å²) in [6.07, 6.45) is 5.37. The van der Waals surface area contributed by atoms with Crippen LogP contribution in [-0.2, 0) is 12.8 Å². The first-order chi connectivity index (χ1) is 10.6. The number of hydrogen-bond donors (Lipinski definition) is 1. The molecule has 116 valence electrons. The normalized spacial score (nSPS) is 17.9. The van der Waals surface area contributed by atoms with E-state index in [1.807, 2.05) is 6.21 Å². The first kappa shape index (κ1) is 15.2. The largest absolute Gasteiger partial charge is 0.253 e. The number of thiazole rings is 1. The van der Waals surface area contributed by atoms with E-state index >= 15 is 0 Å². The van der Waals surface area contributed by atoms with E-state index in [0.717, 1.165) is 29.5 Å². The van der Waals surface area contributed by atoms with Gasteiger partial charge in [-0.3, -0.25) is 5.43 Å². The Morgan fingerprint density at radius 2 is 2.09 bits per heavy atom. The van der Waals surface area contributed by atoms with Crippen LogP contribution < -0.4 is 5.43 Å². The second kappa shape index (κ2) is 6.61. The summed E-state index contributed by atoms with van der Waals surface area (Å²) >= 11 is 1.74. The maximum absolute atomic E-state index is 4.65. The van der Waals surface area contributed by atoms with Crippen LogP contribution in [0.2, 0.25) is 0 Å². The van der Waals surface area contributed by atoms with Gasteiger partial charge in [-0.15, -0.1) is 11.3 Å². The van der Waals surface area contributed by atoms with Gasteiger partial charge in [-0.1, -0.05) is 45.0 Å². The maximum atomic E-state index is 4.65. The molecule has 0 bridgehead atoms. The fourth-order valence-electron chi connectivity index (χ4n) is 2.72. The lowest BCUT2D eigenvalue weighted by Crippen LogP contribution is -2.09. The number of hydrazone groups is 1. The van der Waals surface area contributed by atoms with Crippen molar-refractivity contribution in [2.75, 3.05) is 5.43 Å². The van der Waals surface area contributed by atoms with Crippen LogP contribution in [0.5, 0.6) is 0 Å². The minimum Gasteiger partial charge on any atom is -0.253 e. The Balaban J connectivity index is 1.62. The van der Waals surface area contributed by atoms with Crippen molar-refractivity contribution in [2.45, 2.75) is 46.0 Å². The molecule has 1 aliphatic rings. The van der Waals surface area contributed by atoms with Gasteiger partial charge in [0.2, 0.25) is 5.13 Å². The first-order valence-electron chi connectivity index (χ1n) is 7.99. The lowest BCUT2D eigenvalue weighted by molar-refractivity contribution is 0.502. The van der Waals surface area contributed by atoms with E-state index in [0.29, 0.717) is 5.92 Å². The van der Waals surface area contributed by atoms with Gasteiger partial charge in [-0.2, -0.15) is 5.10 Å². The van der Waals surface area contributed by atoms with E-state index in [-0.39, 0.29) is 0 Å². The Hall–Kier alpha value is -1.68. The van der Waals surface area contributed by atoms with Crippen molar-refractivity contribution in [3.05, 3.63) is 46.0 Å². The summed E-state index contributed by atoms with van der Waals surface area (Å²) in [5.74, 6) is 1.34. The van der Waals surface area contributed by atoms with Crippen LogP contribution in [0.1, 0.15) is 54.8 Å². The third kappa shape index (κ3) is 3.55. The minimum absolute atomic E-state index is 0.563. The summed E-state index contributed by atoms with van der Waals surface area (Å²) in [4.78, 5) is 6.08.